The molecular weight excluding hydrogens is 308 g/mol. The molecule has 132 valence electrons. The number of nitrogens with zero attached hydrogens (tertiary/aromatic N) is 4. The number of aryl methyl sites for hydroxylation is 2. The average molecular weight is 334 g/mol. The lowest BCUT2D eigenvalue weighted by Crippen LogP contribution is -2.37. The molecule has 0 bridgehead atoms. The second-order valence-corrected chi connectivity index (χ2v) is 6.68. The second kappa shape index (κ2) is 7.34. The summed E-state index contributed by atoms with van der Waals surface area (Å²) in [6.45, 7) is 1.73. The fourth-order valence-corrected chi connectivity index (χ4v) is 3.16. The number of hydrogen-bond donors (Lipinski definition) is 0. The Labute approximate surface area is 140 Å². The lowest BCUT2D eigenvalue weighted by Gasteiger charge is -2.06. The quantitative estimate of drug-likeness (QED) is 0.515. The fourth-order valence-electron chi connectivity index (χ4n) is 3.16. The zero-order chi connectivity index (χ0) is 17.1. The third kappa shape index (κ3) is 3.61. The van der Waals surface area contributed by atoms with Crippen molar-refractivity contribution in [2.45, 2.75) is 57.6 Å². The van der Waals surface area contributed by atoms with Gasteiger partial charge in [-0.3, -0.25) is 13.9 Å². The molecule has 1 aliphatic rings. The molecule has 0 N–H and O–H groups in total. The average Bonchev–Trinajstić information content (AvgIpc) is 3.31. The van der Waals surface area contributed by atoms with Crippen molar-refractivity contribution in [3.63, 3.8) is 0 Å². The van der Waals surface area contributed by atoms with E-state index in [1.807, 2.05) is 4.57 Å². The van der Waals surface area contributed by atoms with Crippen LogP contribution in [0.3, 0.4) is 0 Å². The smallest absolute Gasteiger partial charge is 0.332 e. The molecule has 7 heteroatoms. The minimum atomic E-state index is -0.339. The molecule has 1 aliphatic heterocycles. The van der Waals surface area contributed by atoms with Gasteiger partial charge in [0.15, 0.2) is 11.2 Å². The van der Waals surface area contributed by atoms with Gasteiger partial charge < -0.3 is 9.30 Å². The number of imidazole rings is 1. The molecule has 1 unspecified atom stereocenters. The van der Waals surface area contributed by atoms with Gasteiger partial charge in [-0.05, 0) is 12.8 Å². The third-order valence-electron chi connectivity index (χ3n) is 4.79. The van der Waals surface area contributed by atoms with Crippen molar-refractivity contribution in [1.29, 1.82) is 0 Å². The summed E-state index contributed by atoms with van der Waals surface area (Å²) in [6.07, 6.45) is 10.6. The van der Waals surface area contributed by atoms with Crippen molar-refractivity contribution < 1.29 is 4.74 Å². The molecule has 3 heterocycles. The standard InChI is InChI=1S/C17H26N4O3/c1-19-15-14(16(22)20(2)17(19)23)21(12-18-15)10-8-6-4-3-5-7-9-13-11-24-13/h12-13H,3-11H2,1-2H3. The highest BCUT2D eigenvalue weighted by Gasteiger charge is 2.20. The van der Waals surface area contributed by atoms with Crippen LogP contribution >= 0.6 is 0 Å². The Hall–Kier alpha value is -1.89. The van der Waals surface area contributed by atoms with Crippen LogP contribution in [0.5, 0.6) is 0 Å². The largest absolute Gasteiger partial charge is 0.373 e. The fraction of sp³-hybridized carbons (Fsp3) is 0.706. The summed E-state index contributed by atoms with van der Waals surface area (Å²) in [5.74, 6) is 0. The zero-order valence-electron chi connectivity index (χ0n) is 14.5. The predicted octanol–water partition coefficient (Wildman–Crippen LogP) is 1.56. The molecular formula is C17H26N4O3. The third-order valence-corrected chi connectivity index (χ3v) is 4.79. The summed E-state index contributed by atoms with van der Waals surface area (Å²) in [5, 5.41) is 0. The Balaban J connectivity index is 1.50. The molecule has 0 radical (unpaired) electrons. The van der Waals surface area contributed by atoms with E-state index in [1.165, 1.54) is 43.7 Å². The predicted molar refractivity (Wildman–Crippen MR) is 92.3 cm³/mol. The van der Waals surface area contributed by atoms with Crippen LogP contribution in [-0.4, -0.2) is 31.4 Å². The molecule has 7 nitrogen and oxygen atoms in total. The monoisotopic (exact) mass is 334 g/mol. The first kappa shape index (κ1) is 17.0. The van der Waals surface area contributed by atoms with Gasteiger partial charge in [-0.1, -0.05) is 32.1 Å². The number of aromatic nitrogens is 4. The number of epoxide rings is 1. The molecule has 2 aromatic heterocycles. The van der Waals surface area contributed by atoms with Gasteiger partial charge in [-0.2, -0.15) is 0 Å². The number of ether oxygens (including phenoxy) is 1. The molecule has 1 saturated heterocycles. The lowest BCUT2D eigenvalue weighted by molar-refractivity contribution is 0.387. The minimum Gasteiger partial charge on any atom is -0.373 e. The number of hydrogen-bond acceptors (Lipinski definition) is 4. The molecule has 1 atom stereocenters. The SMILES string of the molecule is Cn1c(=O)c2c(ncn2CCCCCCCCC2CO2)n(C)c1=O. The van der Waals surface area contributed by atoms with Gasteiger partial charge in [0.25, 0.3) is 5.56 Å². The van der Waals surface area contributed by atoms with Crippen LogP contribution in [-0.2, 0) is 25.4 Å². The highest BCUT2D eigenvalue weighted by molar-refractivity contribution is 5.69. The minimum absolute atomic E-state index is 0.270. The van der Waals surface area contributed by atoms with Crippen molar-refractivity contribution in [2.75, 3.05) is 6.61 Å². The van der Waals surface area contributed by atoms with E-state index >= 15 is 0 Å². The molecule has 24 heavy (non-hydrogen) atoms. The van der Waals surface area contributed by atoms with Crippen molar-refractivity contribution in [2.24, 2.45) is 14.1 Å². The van der Waals surface area contributed by atoms with Crippen molar-refractivity contribution >= 4 is 11.2 Å². The van der Waals surface area contributed by atoms with Gasteiger partial charge in [-0.15, -0.1) is 0 Å². The highest BCUT2D eigenvalue weighted by atomic mass is 16.6. The van der Waals surface area contributed by atoms with Crippen LogP contribution in [0, 0.1) is 0 Å². The maximum Gasteiger partial charge on any atom is 0.332 e. The van der Waals surface area contributed by atoms with Gasteiger partial charge in [-0.25, -0.2) is 9.78 Å². The van der Waals surface area contributed by atoms with E-state index in [2.05, 4.69) is 4.98 Å². The van der Waals surface area contributed by atoms with E-state index < -0.39 is 0 Å². The summed E-state index contributed by atoms with van der Waals surface area (Å²) in [4.78, 5) is 28.5. The summed E-state index contributed by atoms with van der Waals surface area (Å²) < 4.78 is 9.65. The van der Waals surface area contributed by atoms with E-state index in [-0.39, 0.29) is 11.2 Å². The molecule has 3 rings (SSSR count). The summed E-state index contributed by atoms with van der Waals surface area (Å²) in [7, 11) is 3.16. The Morgan fingerprint density at radius 3 is 2.46 bits per heavy atom. The Morgan fingerprint density at radius 2 is 1.75 bits per heavy atom. The van der Waals surface area contributed by atoms with Crippen LogP contribution in [0.2, 0.25) is 0 Å². The number of unbranched alkanes of at least 4 members (excludes halogenated alkanes) is 5. The summed E-state index contributed by atoms with van der Waals surface area (Å²) in [5.41, 5.74) is 0.372. The zero-order valence-corrected chi connectivity index (χ0v) is 14.5. The van der Waals surface area contributed by atoms with E-state index in [0.29, 0.717) is 17.3 Å². The first-order valence-corrected chi connectivity index (χ1v) is 8.82. The van der Waals surface area contributed by atoms with E-state index in [4.69, 9.17) is 4.74 Å². The number of rotatable bonds is 9. The number of fused-ring (bicyclic) bond motifs is 1. The maximum absolute atomic E-state index is 12.3. The molecule has 0 saturated carbocycles. The van der Waals surface area contributed by atoms with E-state index in [0.717, 1.165) is 30.6 Å². The lowest BCUT2D eigenvalue weighted by atomic mass is 10.1. The van der Waals surface area contributed by atoms with E-state index in [9.17, 15) is 9.59 Å². The topological polar surface area (TPSA) is 74.3 Å². The summed E-state index contributed by atoms with van der Waals surface area (Å²) >= 11 is 0. The van der Waals surface area contributed by atoms with Gasteiger partial charge in [0, 0.05) is 20.6 Å². The van der Waals surface area contributed by atoms with Gasteiger partial charge >= 0.3 is 5.69 Å². The van der Waals surface area contributed by atoms with E-state index in [1.54, 1.807) is 13.4 Å². The van der Waals surface area contributed by atoms with Gasteiger partial charge in [0.05, 0.1) is 19.0 Å². The molecule has 0 aliphatic carbocycles. The molecule has 1 fully saturated rings. The maximum atomic E-state index is 12.3. The van der Waals surface area contributed by atoms with Gasteiger partial charge in [0.1, 0.15) is 0 Å². The van der Waals surface area contributed by atoms with Crippen molar-refractivity contribution in [3.8, 4) is 0 Å². The highest BCUT2D eigenvalue weighted by Crippen LogP contribution is 2.18. The Kier molecular flexibility index (Phi) is 5.18. The molecule has 0 amide bonds. The summed E-state index contributed by atoms with van der Waals surface area (Å²) in [6, 6.07) is 0. The first-order valence-electron chi connectivity index (χ1n) is 8.82. The molecule has 0 spiro atoms. The van der Waals surface area contributed by atoms with Crippen molar-refractivity contribution in [3.05, 3.63) is 27.2 Å². The Morgan fingerprint density at radius 1 is 1.08 bits per heavy atom. The van der Waals surface area contributed by atoms with Crippen LogP contribution in [0.1, 0.15) is 44.9 Å². The second-order valence-electron chi connectivity index (χ2n) is 6.68. The molecule has 0 aromatic carbocycles. The van der Waals surface area contributed by atoms with Crippen LogP contribution < -0.4 is 11.2 Å². The normalized spacial score (nSPS) is 16.8. The van der Waals surface area contributed by atoms with Gasteiger partial charge in [0.2, 0.25) is 0 Å². The van der Waals surface area contributed by atoms with Crippen LogP contribution in [0.25, 0.3) is 11.2 Å². The molecule has 2 aromatic rings. The van der Waals surface area contributed by atoms with Crippen LogP contribution in [0.4, 0.5) is 0 Å². The van der Waals surface area contributed by atoms with Crippen LogP contribution in [0.15, 0.2) is 15.9 Å². The first-order chi connectivity index (χ1) is 11.6. The van der Waals surface area contributed by atoms with Crippen molar-refractivity contribution in [1.82, 2.24) is 18.7 Å². The Bertz CT molecular complexity index is 814.